The number of fused-ring (bicyclic) bond motifs is 6. The van der Waals surface area contributed by atoms with Crippen LogP contribution in [0.2, 0.25) is 0 Å². The first kappa shape index (κ1) is 18.3. The quantitative estimate of drug-likeness (QED) is 0.464. The zero-order valence-electron chi connectivity index (χ0n) is 16.4. The van der Waals surface area contributed by atoms with Crippen LogP contribution in [0, 0.1) is 0 Å². The highest BCUT2D eigenvalue weighted by Crippen LogP contribution is 2.28. The van der Waals surface area contributed by atoms with Crippen LogP contribution in [0.25, 0.3) is 38.7 Å². The molecule has 0 saturated heterocycles. The van der Waals surface area contributed by atoms with Gasteiger partial charge >= 0.3 is 5.97 Å². The van der Waals surface area contributed by atoms with Crippen LogP contribution in [-0.4, -0.2) is 45.1 Å². The summed E-state index contributed by atoms with van der Waals surface area (Å²) in [5.41, 5.74) is 2.99. The van der Waals surface area contributed by atoms with Gasteiger partial charge in [0.1, 0.15) is 22.8 Å². The summed E-state index contributed by atoms with van der Waals surface area (Å²) in [6.45, 7) is 1.99. The van der Waals surface area contributed by atoms with Crippen LogP contribution >= 0.6 is 0 Å². The lowest BCUT2D eigenvalue weighted by Crippen LogP contribution is -2.20. The fourth-order valence-electron chi connectivity index (χ4n) is 3.74. The number of aromatic nitrogens is 4. The summed E-state index contributed by atoms with van der Waals surface area (Å²) in [6, 6.07) is 14.6. The largest absolute Gasteiger partial charge is 0.456 e. The SMILES string of the molecule is COCC(C)OC(=O)c1c2nc3ccccc3nc2n2c1[nH]c(=O)c1ccccc12. The van der Waals surface area contributed by atoms with Crippen molar-refractivity contribution < 1.29 is 14.3 Å². The number of aromatic amines is 1. The summed E-state index contributed by atoms with van der Waals surface area (Å²) in [4.78, 5) is 38.1. The maximum absolute atomic E-state index is 13.1. The van der Waals surface area contributed by atoms with Crippen molar-refractivity contribution in [3.05, 3.63) is 64.4 Å². The lowest BCUT2D eigenvalue weighted by Gasteiger charge is -2.11. The first-order valence-electron chi connectivity index (χ1n) is 9.50. The van der Waals surface area contributed by atoms with Gasteiger partial charge in [0.25, 0.3) is 5.56 Å². The molecule has 0 aliphatic heterocycles. The summed E-state index contributed by atoms with van der Waals surface area (Å²) in [6.07, 6.45) is -0.465. The topological polar surface area (TPSA) is 98.6 Å². The van der Waals surface area contributed by atoms with Crippen molar-refractivity contribution in [2.24, 2.45) is 0 Å². The summed E-state index contributed by atoms with van der Waals surface area (Å²) in [7, 11) is 1.54. The molecule has 8 heteroatoms. The van der Waals surface area contributed by atoms with E-state index in [4.69, 9.17) is 14.5 Å². The summed E-state index contributed by atoms with van der Waals surface area (Å²) < 4.78 is 12.4. The Hall–Kier alpha value is -3.78. The van der Waals surface area contributed by atoms with Gasteiger partial charge in [-0.05, 0) is 31.2 Å². The maximum Gasteiger partial charge on any atom is 0.344 e. The Morgan fingerprint density at radius 2 is 1.80 bits per heavy atom. The molecule has 0 amide bonds. The summed E-state index contributed by atoms with van der Waals surface area (Å²) >= 11 is 0. The van der Waals surface area contributed by atoms with Gasteiger partial charge < -0.3 is 14.5 Å². The van der Waals surface area contributed by atoms with Crippen molar-refractivity contribution >= 4 is 44.7 Å². The van der Waals surface area contributed by atoms with Gasteiger partial charge in [0.2, 0.25) is 0 Å². The molecule has 5 rings (SSSR count). The Morgan fingerprint density at radius 3 is 2.57 bits per heavy atom. The minimum Gasteiger partial charge on any atom is -0.456 e. The third-order valence-corrected chi connectivity index (χ3v) is 5.00. The molecule has 30 heavy (non-hydrogen) atoms. The minimum absolute atomic E-state index is 0.175. The number of carbonyl (C=O) groups excluding carboxylic acids is 1. The average Bonchev–Trinajstić information content (AvgIpc) is 3.05. The highest BCUT2D eigenvalue weighted by Gasteiger charge is 2.26. The number of methoxy groups -OCH3 is 1. The van der Waals surface area contributed by atoms with Crippen LogP contribution < -0.4 is 5.56 Å². The third kappa shape index (κ3) is 2.73. The number of para-hydroxylation sites is 3. The number of benzene rings is 2. The molecule has 0 aliphatic carbocycles. The van der Waals surface area contributed by atoms with Gasteiger partial charge in [0.05, 0.1) is 28.5 Å². The van der Waals surface area contributed by atoms with Gasteiger partial charge in [0.15, 0.2) is 5.65 Å². The van der Waals surface area contributed by atoms with E-state index >= 15 is 0 Å². The molecule has 3 aromatic heterocycles. The standard InChI is InChI=1S/C22H18N4O4/c1-12(11-29-2)30-22(28)17-18-20(24-15-9-5-4-8-14(15)23-18)26-16-10-6-3-7-13(16)21(27)25-19(17)26/h3-10,12H,11H2,1-2H3,(H,25,27). The molecule has 1 atom stereocenters. The molecule has 8 nitrogen and oxygen atoms in total. The van der Waals surface area contributed by atoms with E-state index in [-0.39, 0.29) is 17.7 Å². The molecule has 1 N–H and O–H groups in total. The van der Waals surface area contributed by atoms with E-state index in [1.165, 1.54) is 7.11 Å². The number of ether oxygens (including phenoxy) is 2. The van der Waals surface area contributed by atoms with Crippen LogP contribution in [0.4, 0.5) is 0 Å². The van der Waals surface area contributed by atoms with Crippen molar-refractivity contribution in [2.45, 2.75) is 13.0 Å². The van der Waals surface area contributed by atoms with E-state index in [1.807, 2.05) is 36.4 Å². The van der Waals surface area contributed by atoms with Crippen LogP contribution in [0.1, 0.15) is 17.3 Å². The van der Waals surface area contributed by atoms with Crippen molar-refractivity contribution in [2.75, 3.05) is 13.7 Å². The minimum atomic E-state index is -0.595. The Bertz CT molecular complexity index is 1500. The van der Waals surface area contributed by atoms with Crippen LogP contribution in [-0.2, 0) is 9.47 Å². The number of nitrogens with one attached hydrogen (secondary N) is 1. The Balaban J connectivity index is 1.92. The first-order chi connectivity index (χ1) is 14.6. The Kier molecular flexibility index (Phi) is 4.22. The van der Waals surface area contributed by atoms with Gasteiger partial charge in [-0.1, -0.05) is 24.3 Å². The normalized spacial score (nSPS) is 12.7. The fourth-order valence-corrected chi connectivity index (χ4v) is 3.74. The number of hydrogen-bond acceptors (Lipinski definition) is 6. The van der Waals surface area contributed by atoms with Gasteiger partial charge in [-0.3, -0.25) is 9.20 Å². The molecule has 0 bridgehead atoms. The average molecular weight is 402 g/mol. The molecule has 150 valence electrons. The van der Waals surface area contributed by atoms with Gasteiger partial charge in [-0.2, -0.15) is 0 Å². The maximum atomic E-state index is 13.1. The molecule has 0 spiro atoms. The van der Waals surface area contributed by atoms with Crippen molar-refractivity contribution in [1.29, 1.82) is 0 Å². The lowest BCUT2D eigenvalue weighted by atomic mass is 10.2. The lowest BCUT2D eigenvalue weighted by molar-refractivity contribution is 0.0124. The van der Waals surface area contributed by atoms with E-state index in [9.17, 15) is 9.59 Å². The fraction of sp³-hybridized carbons (Fsp3) is 0.182. The summed E-state index contributed by atoms with van der Waals surface area (Å²) in [5.74, 6) is -0.595. The van der Waals surface area contributed by atoms with E-state index in [0.717, 1.165) is 0 Å². The number of H-pyrrole nitrogens is 1. The highest BCUT2D eigenvalue weighted by molar-refractivity contribution is 6.11. The number of carbonyl (C=O) groups is 1. The van der Waals surface area contributed by atoms with E-state index in [0.29, 0.717) is 38.7 Å². The monoisotopic (exact) mass is 402 g/mol. The molecule has 5 aromatic rings. The Morgan fingerprint density at radius 1 is 1.10 bits per heavy atom. The van der Waals surface area contributed by atoms with Crippen molar-refractivity contribution in [3.8, 4) is 0 Å². The van der Waals surface area contributed by atoms with E-state index < -0.39 is 12.1 Å². The number of rotatable bonds is 4. The van der Waals surface area contributed by atoms with E-state index in [1.54, 1.807) is 23.5 Å². The number of hydrogen-bond donors (Lipinski definition) is 1. The summed E-state index contributed by atoms with van der Waals surface area (Å²) in [5, 5.41) is 0.490. The second-order valence-electron chi connectivity index (χ2n) is 7.09. The highest BCUT2D eigenvalue weighted by atomic mass is 16.6. The molecular weight excluding hydrogens is 384 g/mol. The van der Waals surface area contributed by atoms with Crippen molar-refractivity contribution in [3.63, 3.8) is 0 Å². The van der Waals surface area contributed by atoms with Crippen LogP contribution in [0.15, 0.2) is 53.3 Å². The molecular formula is C22H18N4O4. The number of nitrogens with zero attached hydrogens (tertiary/aromatic N) is 3. The van der Waals surface area contributed by atoms with Gasteiger partial charge in [-0.25, -0.2) is 14.8 Å². The molecule has 3 heterocycles. The first-order valence-corrected chi connectivity index (χ1v) is 9.50. The predicted octanol–water partition coefficient (Wildman–Crippen LogP) is 3.07. The molecule has 0 aliphatic rings. The Labute approximate surface area is 170 Å². The molecule has 0 radical (unpaired) electrons. The third-order valence-electron chi connectivity index (χ3n) is 5.00. The molecule has 0 fully saturated rings. The second kappa shape index (κ2) is 6.93. The zero-order valence-corrected chi connectivity index (χ0v) is 16.4. The number of esters is 1. The molecule has 2 aromatic carbocycles. The smallest absolute Gasteiger partial charge is 0.344 e. The van der Waals surface area contributed by atoms with Crippen LogP contribution in [0.5, 0.6) is 0 Å². The molecule has 0 saturated carbocycles. The van der Waals surface area contributed by atoms with Gasteiger partial charge in [0, 0.05) is 7.11 Å². The van der Waals surface area contributed by atoms with Gasteiger partial charge in [-0.15, -0.1) is 0 Å². The van der Waals surface area contributed by atoms with Crippen LogP contribution in [0.3, 0.4) is 0 Å². The second-order valence-corrected chi connectivity index (χ2v) is 7.09. The molecule has 1 unspecified atom stereocenters. The van der Waals surface area contributed by atoms with Crippen molar-refractivity contribution in [1.82, 2.24) is 19.4 Å². The van der Waals surface area contributed by atoms with E-state index in [2.05, 4.69) is 9.97 Å². The zero-order chi connectivity index (χ0) is 20.8. The predicted molar refractivity (Wildman–Crippen MR) is 113 cm³/mol.